The number of ketones is 1. The van der Waals surface area contributed by atoms with Crippen molar-refractivity contribution in [1.82, 2.24) is 0 Å². The molecule has 6 aromatic rings. The molecule has 8 amide bonds. The van der Waals surface area contributed by atoms with Crippen LogP contribution in [0.25, 0.3) is 0 Å². The monoisotopic (exact) mass is 1010 g/mol. The summed E-state index contributed by atoms with van der Waals surface area (Å²) in [7, 11) is 0. The Morgan fingerprint density at radius 2 is 0.605 bits per heavy atom. The first-order chi connectivity index (χ1) is 36.7. The Balaban J connectivity index is 0.614. The number of carbonyl (C=O) groups excluding carboxylic acids is 9. The zero-order valence-corrected chi connectivity index (χ0v) is 40.1. The number of aliphatic hydroxyl groups is 2. The third-order valence-corrected chi connectivity index (χ3v) is 17.0. The van der Waals surface area contributed by atoms with Gasteiger partial charge in [0.2, 0.25) is 23.6 Å². The first kappa shape index (κ1) is 45.6. The van der Waals surface area contributed by atoms with E-state index < -0.39 is 65.3 Å². The highest BCUT2D eigenvalue weighted by Crippen LogP contribution is 2.55. The van der Waals surface area contributed by atoms with Crippen LogP contribution in [-0.4, -0.2) is 75.5 Å². The molecule has 2 N–H and O–H groups in total. The summed E-state index contributed by atoms with van der Waals surface area (Å²) in [5.41, 5.74) is 5.73. The predicted octanol–water partition coefficient (Wildman–Crippen LogP) is 6.27. The van der Waals surface area contributed by atoms with E-state index in [4.69, 9.17) is 0 Å². The SMILES string of the molecule is O=C(c1ccc2c(c1)C(=O)N(c1ccc(Cc3ccc(N4C(=O)C5C6C=CC(C6O)C5C4=O)cc3)cc1)C2=O)c1ccc2c(c1)C(=O)N(c1ccc(Cc3ccc(N4C(=O)C5C6C=CC(C6O)C5C4=O)cc3)cc1)C2=O. The second-order valence-electron chi connectivity index (χ2n) is 20.9. The maximum Gasteiger partial charge on any atom is 0.266 e. The van der Waals surface area contributed by atoms with Crippen LogP contribution in [0.1, 0.15) is 79.6 Å². The van der Waals surface area contributed by atoms with Crippen LogP contribution in [0.4, 0.5) is 22.7 Å². The summed E-state index contributed by atoms with van der Waals surface area (Å²) in [5, 5.41) is 21.0. The molecule has 8 unspecified atom stereocenters. The Labute approximate surface area is 432 Å². The molecule has 4 heterocycles. The van der Waals surface area contributed by atoms with E-state index in [2.05, 4.69) is 0 Å². The van der Waals surface area contributed by atoms with Crippen molar-refractivity contribution in [3.63, 3.8) is 0 Å². The fraction of sp³-hybridized carbons (Fsp3) is 0.197. The number of aliphatic hydroxyl groups excluding tert-OH is 2. The quantitative estimate of drug-likeness (QED) is 0.0889. The molecule has 0 radical (unpaired) electrons. The third kappa shape index (κ3) is 6.45. The van der Waals surface area contributed by atoms with Gasteiger partial charge >= 0.3 is 0 Å². The number of benzene rings is 6. The minimum absolute atomic E-state index is 0.0429. The summed E-state index contributed by atoms with van der Waals surface area (Å²) in [6.07, 6.45) is 6.93. The lowest BCUT2D eigenvalue weighted by Gasteiger charge is -2.19. The molecule has 4 fully saturated rings. The number of hydrogen-bond acceptors (Lipinski definition) is 11. The lowest BCUT2D eigenvalue weighted by atomic mass is 9.85. The topological polar surface area (TPSA) is 207 Å². The van der Waals surface area contributed by atoms with Crippen molar-refractivity contribution >= 4 is 75.8 Å². The van der Waals surface area contributed by atoms with Gasteiger partial charge in [-0.1, -0.05) is 85.0 Å². The molecular weight excluding hydrogens is 965 g/mol. The number of carbonyl (C=O) groups is 9. The van der Waals surface area contributed by atoms with Gasteiger partial charge in [0.25, 0.3) is 23.6 Å². The zero-order valence-electron chi connectivity index (χ0n) is 40.1. The fourth-order valence-electron chi connectivity index (χ4n) is 13.3. The Hall–Kier alpha value is -9.05. The molecule has 372 valence electrons. The molecule has 14 rings (SSSR count). The van der Waals surface area contributed by atoms with Gasteiger partial charge in [0.15, 0.2) is 5.78 Å². The Morgan fingerprint density at radius 3 is 0.895 bits per heavy atom. The van der Waals surface area contributed by atoms with Crippen molar-refractivity contribution in [2.75, 3.05) is 19.6 Å². The smallest absolute Gasteiger partial charge is 0.266 e. The first-order valence-corrected chi connectivity index (χ1v) is 25.2. The van der Waals surface area contributed by atoms with E-state index in [1.54, 1.807) is 72.8 Å². The normalized spacial score (nSPS) is 27.2. The molecule has 8 atom stereocenters. The summed E-state index contributed by atoms with van der Waals surface area (Å²) >= 11 is 0. The molecule has 0 spiro atoms. The van der Waals surface area contributed by atoms with Crippen LogP contribution in [0.3, 0.4) is 0 Å². The first-order valence-electron chi connectivity index (χ1n) is 25.2. The van der Waals surface area contributed by atoms with Crippen LogP contribution < -0.4 is 19.6 Å². The van der Waals surface area contributed by atoms with Crippen LogP contribution >= 0.6 is 0 Å². The van der Waals surface area contributed by atoms with Gasteiger partial charge in [-0.2, -0.15) is 0 Å². The molecule has 2 saturated carbocycles. The molecular formula is C61H42N4O11. The predicted molar refractivity (Wildman–Crippen MR) is 273 cm³/mol. The summed E-state index contributed by atoms with van der Waals surface area (Å²) in [5.74, 6) is -7.54. The van der Waals surface area contributed by atoms with Crippen molar-refractivity contribution < 1.29 is 53.4 Å². The average molecular weight is 1010 g/mol. The van der Waals surface area contributed by atoms with Crippen molar-refractivity contribution in [3.05, 3.63) is 213 Å². The zero-order chi connectivity index (χ0) is 52.2. The second-order valence-corrected chi connectivity index (χ2v) is 20.9. The van der Waals surface area contributed by atoms with E-state index in [1.807, 2.05) is 48.6 Å². The van der Waals surface area contributed by atoms with E-state index in [0.717, 1.165) is 32.1 Å². The number of amides is 8. The molecule has 76 heavy (non-hydrogen) atoms. The lowest BCUT2D eigenvalue weighted by molar-refractivity contribution is -0.125. The van der Waals surface area contributed by atoms with Crippen LogP contribution in [0.2, 0.25) is 0 Å². The van der Waals surface area contributed by atoms with E-state index in [9.17, 15) is 53.4 Å². The maximum atomic E-state index is 14.0. The molecule has 0 aromatic heterocycles. The van der Waals surface area contributed by atoms with Crippen molar-refractivity contribution in [1.29, 1.82) is 0 Å². The highest BCUT2D eigenvalue weighted by Gasteiger charge is 2.65. The van der Waals surface area contributed by atoms with Gasteiger partial charge in [0.1, 0.15) is 0 Å². The van der Waals surface area contributed by atoms with Gasteiger partial charge in [0, 0.05) is 34.8 Å². The Kier molecular flexibility index (Phi) is 9.88. The molecule has 15 nitrogen and oxygen atoms in total. The molecule has 4 aliphatic carbocycles. The van der Waals surface area contributed by atoms with Crippen molar-refractivity contribution in [2.24, 2.45) is 47.3 Å². The van der Waals surface area contributed by atoms with Gasteiger partial charge in [0.05, 0.1) is 80.9 Å². The number of rotatable bonds is 10. The maximum absolute atomic E-state index is 14.0. The van der Waals surface area contributed by atoms with E-state index in [0.29, 0.717) is 35.6 Å². The van der Waals surface area contributed by atoms with Crippen LogP contribution in [0.15, 0.2) is 158 Å². The van der Waals surface area contributed by atoms with Crippen LogP contribution in [0.5, 0.6) is 0 Å². The van der Waals surface area contributed by atoms with Gasteiger partial charge < -0.3 is 10.2 Å². The highest BCUT2D eigenvalue weighted by atomic mass is 16.3. The van der Waals surface area contributed by atoms with Gasteiger partial charge in [-0.3, -0.25) is 53.0 Å². The number of hydrogen-bond donors (Lipinski definition) is 2. The van der Waals surface area contributed by atoms with Gasteiger partial charge in [-0.15, -0.1) is 0 Å². The van der Waals surface area contributed by atoms with Crippen LogP contribution in [-0.2, 0) is 32.0 Å². The summed E-state index contributed by atoms with van der Waals surface area (Å²) in [6.45, 7) is 0. The third-order valence-electron chi connectivity index (χ3n) is 17.0. The van der Waals surface area contributed by atoms with Crippen molar-refractivity contribution in [3.8, 4) is 0 Å². The number of anilines is 4. The van der Waals surface area contributed by atoms with Crippen LogP contribution in [0, 0.1) is 47.3 Å². The number of fused-ring (bicyclic) bond motifs is 12. The van der Waals surface area contributed by atoms with E-state index in [-0.39, 0.29) is 80.7 Å². The molecule has 2 saturated heterocycles. The molecule has 15 heteroatoms. The number of imide groups is 4. The molecule has 4 bridgehead atoms. The van der Waals surface area contributed by atoms with Gasteiger partial charge in [-0.25, -0.2) is 9.80 Å². The minimum atomic E-state index is -0.702. The van der Waals surface area contributed by atoms with Crippen molar-refractivity contribution in [2.45, 2.75) is 25.0 Å². The summed E-state index contributed by atoms with van der Waals surface area (Å²) in [6, 6.07) is 36.7. The van der Waals surface area contributed by atoms with Gasteiger partial charge in [-0.05, 0) is 108 Å². The summed E-state index contributed by atoms with van der Waals surface area (Å²) in [4.78, 5) is 127. The Bertz CT molecular complexity index is 3430. The average Bonchev–Trinajstić information content (AvgIpc) is 4.49. The van der Waals surface area contributed by atoms with E-state index in [1.165, 1.54) is 46.2 Å². The second kappa shape index (κ2) is 16.5. The standard InChI is InChI=1S/C61H42N4O11/c66-51(33-9-19-39-45(27-33)56(71)62(54(39)69)35-11-1-29(2-12-35)25-31-5-15-37(16-6-31)64-58(73)47-41-21-22-42(52(41)67)48(47)59(64)74)34-10-20-40-46(28-34)57(72)63(55(40)70)36-13-3-30(4-14-36)26-32-7-17-38(18-8-32)65-60(75)49-43-23-24-44(53(43)68)50(49)61(65)76/h1-24,27-28,41-44,47-50,52-53,67-68H,25-26H2. The highest BCUT2D eigenvalue weighted by molar-refractivity contribution is 6.36. The fourth-order valence-corrected chi connectivity index (χ4v) is 13.3. The summed E-state index contributed by atoms with van der Waals surface area (Å²) < 4.78 is 0. The molecule has 6 aromatic carbocycles. The number of nitrogens with zero attached hydrogens (tertiary/aromatic N) is 4. The molecule has 4 aliphatic heterocycles. The largest absolute Gasteiger partial charge is 0.392 e. The lowest BCUT2D eigenvalue weighted by Crippen LogP contribution is -2.35. The van der Waals surface area contributed by atoms with E-state index >= 15 is 0 Å². The Morgan fingerprint density at radius 1 is 0.342 bits per heavy atom. The minimum Gasteiger partial charge on any atom is -0.392 e. The molecule has 8 aliphatic rings.